The van der Waals surface area contributed by atoms with Gasteiger partial charge in [-0.1, -0.05) is 11.6 Å². The fourth-order valence-corrected chi connectivity index (χ4v) is 1.97. The molecule has 5 heteroatoms. The Bertz CT molecular complexity index is 590. The number of aromatic amines is 1. The van der Waals surface area contributed by atoms with Crippen LogP contribution in [0.15, 0.2) is 29.1 Å². The molecule has 0 atom stereocenters. The largest absolute Gasteiger partial charge is 0.352 e. The Morgan fingerprint density at radius 2 is 1.94 bits per heavy atom. The minimum absolute atomic E-state index is 0.200. The summed E-state index contributed by atoms with van der Waals surface area (Å²) in [4.78, 5) is 14.3. The van der Waals surface area contributed by atoms with Gasteiger partial charge in [-0.2, -0.15) is 0 Å². The third-order valence-electron chi connectivity index (χ3n) is 2.52. The molecule has 0 radical (unpaired) electrons. The lowest BCUT2D eigenvalue weighted by atomic mass is 10.1. The highest BCUT2D eigenvalue weighted by Crippen LogP contribution is 2.26. The minimum Gasteiger partial charge on any atom is -0.352 e. The zero-order valence-electron chi connectivity index (χ0n) is 9.49. The molecule has 1 N–H and O–H groups in total. The number of hydrogen-bond donors (Lipinski definition) is 1. The van der Waals surface area contributed by atoms with Gasteiger partial charge < -0.3 is 14.5 Å². The van der Waals surface area contributed by atoms with E-state index in [0.29, 0.717) is 16.1 Å². The number of H-pyrrole nitrogens is 1. The molecular formula is C12H12ClNO3. The Hall–Kier alpha value is -1.36. The van der Waals surface area contributed by atoms with Crippen molar-refractivity contribution in [2.45, 2.75) is 6.29 Å². The molecule has 0 amide bonds. The second-order valence-corrected chi connectivity index (χ2v) is 4.02. The highest BCUT2D eigenvalue weighted by atomic mass is 35.5. The Labute approximate surface area is 103 Å². The first-order valence-electron chi connectivity index (χ1n) is 5.04. The van der Waals surface area contributed by atoms with Crippen molar-refractivity contribution in [3.05, 3.63) is 45.2 Å². The number of pyridine rings is 1. The van der Waals surface area contributed by atoms with Gasteiger partial charge in [0.25, 0.3) is 0 Å². The summed E-state index contributed by atoms with van der Waals surface area (Å²) in [6, 6.07) is 6.70. The van der Waals surface area contributed by atoms with Gasteiger partial charge in [0.1, 0.15) is 0 Å². The maximum absolute atomic E-state index is 11.5. The average molecular weight is 254 g/mol. The molecule has 4 nitrogen and oxygen atoms in total. The lowest BCUT2D eigenvalue weighted by Crippen LogP contribution is -2.12. The smallest absolute Gasteiger partial charge is 0.248 e. The molecule has 2 rings (SSSR count). The fourth-order valence-electron chi connectivity index (χ4n) is 1.80. The van der Waals surface area contributed by atoms with Crippen LogP contribution in [0.4, 0.5) is 0 Å². The third kappa shape index (κ3) is 2.34. The van der Waals surface area contributed by atoms with Crippen LogP contribution in [-0.4, -0.2) is 19.2 Å². The molecule has 17 heavy (non-hydrogen) atoms. The van der Waals surface area contributed by atoms with Crippen molar-refractivity contribution in [2.24, 2.45) is 0 Å². The van der Waals surface area contributed by atoms with Gasteiger partial charge in [-0.15, -0.1) is 0 Å². The van der Waals surface area contributed by atoms with Crippen molar-refractivity contribution in [3.63, 3.8) is 0 Å². The van der Waals surface area contributed by atoms with Crippen molar-refractivity contribution in [3.8, 4) is 0 Å². The van der Waals surface area contributed by atoms with Gasteiger partial charge in [0.2, 0.25) is 5.56 Å². The van der Waals surface area contributed by atoms with Crippen LogP contribution in [0.25, 0.3) is 10.9 Å². The first kappa shape index (κ1) is 12.1. The number of rotatable bonds is 3. The second-order valence-electron chi connectivity index (χ2n) is 3.58. The van der Waals surface area contributed by atoms with Crippen molar-refractivity contribution in [2.75, 3.05) is 14.2 Å². The summed E-state index contributed by atoms with van der Waals surface area (Å²) in [5.74, 6) is 0. The molecule has 0 aliphatic rings. The van der Waals surface area contributed by atoms with E-state index >= 15 is 0 Å². The van der Waals surface area contributed by atoms with Gasteiger partial charge in [-0.05, 0) is 18.2 Å². The topological polar surface area (TPSA) is 51.3 Å². The van der Waals surface area contributed by atoms with Crippen LogP contribution in [-0.2, 0) is 9.47 Å². The molecule has 1 aromatic carbocycles. The lowest BCUT2D eigenvalue weighted by molar-refractivity contribution is -0.105. The summed E-state index contributed by atoms with van der Waals surface area (Å²) in [5, 5.41) is 1.41. The number of nitrogens with one attached hydrogen (secondary N) is 1. The number of aromatic nitrogens is 1. The standard InChI is InChI=1S/C12H12ClNO3/c1-16-12(17-2)9-6-11(15)14-10-4-3-7(13)5-8(9)10/h3-6,12H,1-2H3,(H,14,15). The molecule has 0 aliphatic heterocycles. The number of hydrogen-bond acceptors (Lipinski definition) is 3. The van der Waals surface area contributed by atoms with E-state index in [0.717, 1.165) is 5.39 Å². The lowest BCUT2D eigenvalue weighted by Gasteiger charge is -2.15. The quantitative estimate of drug-likeness (QED) is 0.855. The normalized spacial score (nSPS) is 11.3. The number of ether oxygens (including phenoxy) is 2. The van der Waals surface area contributed by atoms with E-state index in [4.69, 9.17) is 21.1 Å². The second kappa shape index (κ2) is 4.87. The Morgan fingerprint density at radius 1 is 1.24 bits per heavy atom. The third-order valence-corrected chi connectivity index (χ3v) is 2.75. The average Bonchev–Trinajstić information content (AvgIpc) is 2.31. The van der Waals surface area contributed by atoms with Crippen LogP contribution in [0.1, 0.15) is 11.9 Å². The van der Waals surface area contributed by atoms with Crippen molar-refractivity contribution >= 4 is 22.5 Å². The van der Waals surface area contributed by atoms with Crippen molar-refractivity contribution in [1.29, 1.82) is 0 Å². The summed E-state index contributed by atoms with van der Waals surface area (Å²) in [7, 11) is 3.04. The molecule has 0 spiro atoms. The molecule has 0 aliphatic carbocycles. The van der Waals surface area contributed by atoms with Gasteiger partial charge in [0.05, 0.1) is 0 Å². The Morgan fingerprint density at radius 3 is 2.59 bits per heavy atom. The SMILES string of the molecule is COC(OC)c1cc(=O)[nH]c2ccc(Cl)cc12. The molecule has 1 heterocycles. The van der Waals surface area contributed by atoms with Crippen LogP contribution < -0.4 is 5.56 Å². The summed E-state index contributed by atoms with van der Waals surface area (Å²) < 4.78 is 10.3. The zero-order valence-corrected chi connectivity index (χ0v) is 10.2. The number of methoxy groups -OCH3 is 2. The van der Waals surface area contributed by atoms with Crippen LogP contribution in [0.5, 0.6) is 0 Å². The maximum Gasteiger partial charge on any atom is 0.248 e. The van der Waals surface area contributed by atoms with Crippen LogP contribution in [0, 0.1) is 0 Å². The van der Waals surface area contributed by atoms with E-state index < -0.39 is 6.29 Å². The predicted octanol–water partition coefficient (Wildman–Crippen LogP) is 2.47. The van der Waals surface area contributed by atoms with E-state index in [1.165, 1.54) is 20.3 Å². The molecule has 90 valence electrons. The highest BCUT2D eigenvalue weighted by molar-refractivity contribution is 6.31. The van der Waals surface area contributed by atoms with E-state index in [1.54, 1.807) is 18.2 Å². The molecule has 2 aromatic rings. The van der Waals surface area contributed by atoms with Gasteiger partial charge in [0.15, 0.2) is 6.29 Å². The minimum atomic E-state index is -0.585. The molecule has 0 saturated carbocycles. The summed E-state index contributed by atoms with van der Waals surface area (Å²) in [6.45, 7) is 0. The first-order chi connectivity index (χ1) is 8.15. The number of halogens is 1. The van der Waals surface area contributed by atoms with E-state index in [9.17, 15) is 4.79 Å². The van der Waals surface area contributed by atoms with Gasteiger partial charge >= 0.3 is 0 Å². The molecule has 0 saturated heterocycles. The molecule has 1 aromatic heterocycles. The maximum atomic E-state index is 11.5. The predicted molar refractivity (Wildman–Crippen MR) is 66.3 cm³/mol. The van der Waals surface area contributed by atoms with Gasteiger partial charge in [-0.25, -0.2) is 0 Å². The zero-order chi connectivity index (χ0) is 12.4. The summed E-state index contributed by atoms with van der Waals surface area (Å²) in [5.41, 5.74) is 1.17. The summed E-state index contributed by atoms with van der Waals surface area (Å²) >= 11 is 5.95. The Kier molecular flexibility index (Phi) is 3.47. The van der Waals surface area contributed by atoms with Gasteiger partial charge in [-0.3, -0.25) is 4.79 Å². The molecular weight excluding hydrogens is 242 g/mol. The Balaban J connectivity index is 2.75. The number of benzene rings is 1. The van der Waals surface area contributed by atoms with Crippen LogP contribution >= 0.6 is 11.6 Å². The van der Waals surface area contributed by atoms with E-state index in [-0.39, 0.29) is 5.56 Å². The highest BCUT2D eigenvalue weighted by Gasteiger charge is 2.14. The van der Waals surface area contributed by atoms with Crippen molar-refractivity contribution < 1.29 is 9.47 Å². The molecule has 0 fully saturated rings. The fraction of sp³-hybridized carbons (Fsp3) is 0.250. The monoisotopic (exact) mass is 253 g/mol. The summed E-state index contributed by atoms with van der Waals surface area (Å²) in [6.07, 6.45) is -0.585. The van der Waals surface area contributed by atoms with E-state index in [1.807, 2.05) is 0 Å². The first-order valence-corrected chi connectivity index (χ1v) is 5.41. The van der Waals surface area contributed by atoms with Crippen molar-refractivity contribution in [1.82, 2.24) is 4.98 Å². The number of fused-ring (bicyclic) bond motifs is 1. The molecule has 0 unspecified atom stereocenters. The van der Waals surface area contributed by atoms with Crippen LogP contribution in [0.3, 0.4) is 0 Å². The molecule has 0 bridgehead atoms. The van der Waals surface area contributed by atoms with Crippen LogP contribution in [0.2, 0.25) is 5.02 Å². The van der Waals surface area contributed by atoms with E-state index in [2.05, 4.69) is 4.98 Å². The van der Waals surface area contributed by atoms with Gasteiger partial charge in [0, 0.05) is 41.8 Å².